The van der Waals surface area contributed by atoms with E-state index in [1.807, 2.05) is 4.90 Å². The summed E-state index contributed by atoms with van der Waals surface area (Å²) in [6, 6.07) is 0.438. The van der Waals surface area contributed by atoms with Crippen molar-refractivity contribution in [3.8, 4) is 0 Å². The van der Waals surface area contributed by atoms with Gasteiger partial charge in [-0.2, -0.15) is 0 Å². The number of amides is 1. The molecule has 1 N–H and O–H groups in total. The van der Waals surface area contributed by atoms with Gasteiger partial charge in [0.1, 0.15) is 0 Å². The number of hydrogen-bond acceptors (Lipinski definition) is 4. The molecule has 1 amide bonds. The van der Waals surface area contributed by atoms with Crippen LogP contribution in [0.3, 0.4) is 0 Å². The predicted molar refractivity (Wildman–Crippen MR) is 84.5 cm³/mol. The van der Waals surface area contributed by atoms with Gasteiger partial charge in [0, 0.05) is 58.8 Å². The Kier molecular flexibility index (Phi) is 10.2. The molecule has 1 fully saturated rings. The predicted octanol–water partition coefficient (Wildman–Crippen LogP) is 0.975. The van der Waals surface area contributed by atoms with Crippen LogP contribution in [0.4, 0.5) is 0 Å². The minimum Gasteiger partial charge on any atom is -0.380 e. The molecule has 0 aliphatic carbocycles. The van der Waals surface area contributed by atoms with Crippen LogP contribution in [-0.4, -0.2) is 74.2 Å². The summed E-state index contributed by atoms with van der Waals surface area (Å²) in [7, 11) is 1.73. The van der Waals surface area contributed by atoms with Crippen molar-refractivity contribution in [2.45, 2.75) is 39.3 Å². The van der Waals surface area contributed by atoms with Crippen molar-refractivity contribution < 1.29 is 9.53 Å². The van der Waals surface area contributed by atoms with Crippen LogP contribution in [0.1, 0.15) is 27.2 Å². The number of hydrogen-bond donors (Lipinski definition) is 1. The van der Waals surface area contributed by atoms with Crippen LogP contribution >= 0.6 is 12.4 Å². The standard InChI is InChI=1S/C14H29N3O2.ClH/c1-12(2)17(11-13(3)19-4)8-5-14(18)16-9-6-15-7-10-16;/h12-13,15H,5-11H2,1-4H3;1H. The molecule has 0 saturated carbocycles. The number of methoxy groups -OCH3 is 1. The lowest BCUT2D eigenvalue weighted by molar-refractivity contribution is -0.132. The van der Waals surface area contributed by atoms with Crippen molar-refractivity contribution in [2.24, 2.45) is 0 Å². The van der Waals surface area contributed by atoms with Crippen molar-refractivity contribution in [1.82, 2.24) is 15.1 Å². The molecule has 6 heteroatoms. The molecule has 20 heavy (non-hydrogen) atoms. The Morgan fingerprint density at radius 3 is 2.40 bits per heavy atom. The molecular weight excluding hydrogens is 278 g/mol. The van der Waals surface area contributed by atoms with Gasteiger partial charge < -0.3 is 15.0 Å². The summed E-state index contributed by atoms with van der Waals surface area (Å²) in [6.07, 6.45) is 0.811. The molecule has 0 aromatic carbocycles. The third kappa shape index (κ3) is 6.88. The van der Waals surface area contributed by atoms with Gasteiger partial charge in [-0.15, -0.1) is 12.4 Å². The lowest BCUT2D eigenvalue weighted by Crippen LogP contribution is -2.47. The van der Waals surface area contributed by atoms with E-state index in [1.165, 1.54) is 0 Å². The fourth-order valence-corrected chi connectivity index (χ4v) is 2.28. The maximum Gasteiger partial charge on any atom is 0.223 e. The van der Waals surface area contributed by atoms with Gasteiger partial charge in [0.05, 0.1) is 6.10 Å². The number of piperazine rings is 1. The second-order valence-electron chi connectivity index (χ2n) is 5.52. The number of carbonyl (C=O) groups is 1. The first-order valence-electron chi connectivity index (χ1n) is 7.30. The quantitative estimate of drug-likeness (QED) is 0.761. The van der Waals surface area contributed by atoms with Gasteiger partial charge in [0.15, 0.2) is 0 Å². The van der Waals surface area contributed by atoms with Gasteiger partial charge in [0.25, 0.3) is 0 Å². The van der Waals surface area contributed by atoms with Crippen LogP contribution in [0.2, 0.25) is 0 Å². The van der Waals surface area contributed by atoms with Crippen LogP contribution in [0, 0.1) is 0 Å². The molecular formula is C14H30ClN3O2. The van der Waals surface area contributed by atoms with Gasteiger partial charge >= 0.3 is 0 Å². The van der Waals surface area contributed by atoms with E-state index in [-0.39, 0.29) is 24.4 Å². The van der Waals surface area contributed by atoms with Crippen molar-refractivity contribution in [2.75, 3.05) is 46.4 Å². The zero-order chi connectivity index (χ0) is 14.3. The second kappa shape index (κ2) is 10.4. The maximum absolute atomic E-state index is 12.1. The Morgan fingerprint density at radius 1 is 1.30 bits per heavy atom. The van der Waals surface area contributed by atoms with Crippen molar-refractivity contribution in [1.29, 1.82) is 0 Å². The van der Waals surface area contributed by atoms with E-state index in [1.54, 1.807) is 7.11 Å². The van der Waals surface area contributed by atoms with E-state index in [4.69, 9.17) is 4.74 Å². The monoisotopic (exact) mass is 307 g/mol. The van der Waals surface area contributed by atoms with Gasteiger partial charge in [-0.25, -0.2) is 0 Å². The lowest BCUT2D eigenvalue weighted by Gasteiger charge is -2.31. The topological polar surface area (TPSA) is 44.8 Å². The molecule has 1 aliphatic rings. The summed E-state index contributed by atoms with van der Waals surface area (Å²) in [5, 5.41) is 3.27. The minimum atomic E-state index is 0. The van der Waals surface area contributed by atoms with Gasteiger partial charge in [-0.05, 0) is 20.8 Å². The normalized spacial score (nSPS) is 17.2. The Bertz CT molecular complexity index is 271. The van der Waals surface area contributed by atoms with E-state index in [0.29, 0.717) is 12.5 Å². The number of nitrogens with one attached hydrogen (secondary N) is 1. The molecule has 1 rings (SSSR count). The number of halogens is 1. The fraction of sp³-hybridized carbons (Fsp3) is 0.929. The van der Waals surface area contributed by atoms with Crippen LogP contribution in [0.5, 0.6) is 0 Å². The zero-order valence-electron chi connectivity index (χ0n) is 13.2. The van der Waals surface area contributed by atoms with Crippen LogP contribution < -0.4 is 5.32 Å². The van der Waals surface area contributed by atoms with E-state index in [2.05, 4.69) is 31.0 Å². The highest BCUT2D eigenvalue weighted by Gasteiger charge is 2.19. The lowest BCUT2D eigenvalue weighted by atomic mass is 10.2. The summed E-state index contributed by atoms with van der Waals surface area (Å²) in [6.45, 7) is 11.6. The van der Waals surface area contributed by atoms with E-state index < -0.39 is 0 Å². The first-order chi connectivity index (χ1) is 9.04. The smallest absolute Gasteiger partial charge is 0.223 e. The Hall–Kier alpha value is -0.360. The molecule has 1 aliphatic heterocycles. The van der Waals surface area contributed by atoms with Crippen LogP contribution in [-0.2, 0) is 9.53 Å². The van der Waals surface area contributed by atoms with E-state index in [9.17, 15) is 4.79 Å². The first-order valence-corrected chi connectivity index (χ1v) is 7.30. The molecule has 1 atom stereocenters. The molecule has 0 aromatic rings. The second-order valence-corrected chi connectivity index (χ2v) is 5.52. The molecule has 0 bridgehead atoms. The number of ether oxygens (including phenoxy) is 1. The van der Waals surface area contributed by atoms with Crippen LogP contribution in [0.15, 0.2) is 0 Å². The largest absolute Gasteiger partial charge is 0.380 e. The SMILES string of the molecule is COC(C)CN(CCC(=O)N1CCNCC1)C(C)C.Cl. The van der Waals surface area contributed by atoms with Crippen molar-refractivity contribution in [3.05, 3.63) is 0 Å². The summed E-state index contributed by atoms with van der Waals surface area (Å²) < 4.78 is 5.31. The molecule has 1 saturated heterocycles. The Labute approximate surface area is 129 Å². The average molecular weight is 308 g/mol. The molecule has 1 unspecified atom stereocenters. The van der Waals surface area contributed by atoms with E-state index in [0.717, 1.165) is 39.3 Å². The third-order valence-electron chi connectivity index (χ3n) is 3.71. The molecule has 0 radical (unpaired) electrons. The highest BCUT2D eigenvalue weighted by molar-refractivity contribution is 5.85. The van der Waals surface area contributed by atoms with Gasteiger partial charge in [0.2, 0.25) is 5.91 Å². The van der Waals surface area contributed by atoms with Crippen LogP contribution in [0.25, 0.3) is 0 Å². The maximum atomic E-state index is 12.1. The third-order valence-corrected chi connectivity index (χ3v) is 3.71. The summed E-state index contributed by atoms with van der Waals surface area (Å²) in [5.74, 6) is 0.275. The highest BCUT2D eigenvalue weighted by atomic mass is 35.5. The van der Waals surface area contributed by atoms with Gasteiger partial charge in [-0.3, -0.25) is 9.69 Å². The molecule has 0 aromatic heterocycles. The highest BCUT2D eigenvalue weighted by Crippen LogP contribution is 2.05. The molecule has 0 spiro atoms. The fourth-order valence-electron chi connectivity index (χ4n) is 2.28. The summed E-state index contributed by atoms with van der Waals surface area (Å²) in [4.78, 5) is 16.4. The molecule has 5 nitrogen and oxygen atoms in total. The Morgan fingerprint density at radius 2 is 1.90 bits per heavy atom. The minimum absolute atomic E-state index is 0. The van der Waals surface area contributed by atoms with Gasteiger partial charge in [-0.1, -0.05) is 0 Å². The van der Waals surface area contributed by atoms with Crippen molar-refractivity contribution in [3.63, 3.8) is 0 Å². The zero-order valence-corrected chi connectivity index (χ0v) is 14.0. The van der Waals surface area contributed by atoms with E-state index >= 15 is 0 Å². The number of rotatable bonds is 7. The molecule has 120 valence electrons. The summed E-state index contributed by atoms with van der Waals surface area (Å²) >= 11 is 0. The number of carbonyl (C=O) groups excluding carboxylic acids is 1. The number of nitrogens with zero attached hydrogens (tertiary/aromatic N) is 2. The Balaban J connectivity index is 0.00000361. The average Bonchev–Trinajstić information content (AvgIpc) is 2.43. The van der Waals surface area contributed by atoms with Crippen molar-refractivity contribution >= 4 is 18.3 Å². The molecule has 1 heterocycles. The first kappa shape index (κ1) is 19.6. The summed E-state index contributed by atoms with van der Waals surface area (Å²) in [5.41, 5.74) is 0.